The van der Waals surface area contributed by atoms with Gasteiger partial charge in [-0.05, 0) is 23.8 Å². The minimum Gasteiger partial charge on any atom is -0.310 e. The third-order valence-corrected chi connectivity index (χ3v) is 4.27. The molecule has 2 aromatic rings. The maximum Gasteiger partial charge on any atom is 0.137 e. The maximum atomic E-state index is 14.1. The van der Waals surface area contributed by atoms with Gasteiger partial charge < -0.3 is 5.32 Å². The largest absolute Gasteiger partial charge is 0.310 e. The molecule has 20 heavy (non-hydrogen) atoms. The van der Waals surface area contributed by atoms with E-state index in [1.807, 2.05) is 6.07 Å². The number of benzene rings is 1. The first kappa shape index (κ1) is 15.3. The molecule has 5 heteroatoms. The minimum absolute atomic E-state index is 0.250. The van der Waals surface area contributed by atoms with Crippen LogP contribution in [0.1, 0.15) is 19.4 Å². The zero-order valence-corrected chi connectivity index (χ0v) is 12.9. The summed E-state index contributed by atoms with van der Waals surface area (Å²) >= 11 is 7.35. The lowest BCUT2D eigenvalue weighted by atomic mass is 10.2. The predicted molar refractivity (Wildman–Crippen MR) is 81.7 cm³/mol. The zero-order valence-electron chi connectivity index (χ0n) is 11.4. The Kier molecular flexibility index (Phi) is 5.40. The Balaban J connectivity index is 2.28. The van der Waals surface area contributed by atoms with Gasteiger partial charge in [0.05, 0.1) is 9.92 Å². The second-order valence-corrected chi connectivity index (χ2v) is 6.06. The quantitative estimate of drug-likeness (QED) is 0.878. The van der Waals surface area contributed by atoms with Crippen molar-refractivity contribution in [1.29, 1.82) is 0 Å². The van der Waals surface area contributed by atoms with Gasteiger partial charge in [-0.25, -0.2) is 9.37 Å². The Morgan fingerprint density at radius 3 is 2.80 bits per heavy atom. The molecule has 1 heterocycles. The third-order valence-electron chi connectivity index (χ3n) is 2.67. The van der Waals surface area contributed by atoms with E-state index in [2.05, 4.69) is 24.1 Å². The smallest absolute Gasteiger partial charge is 0.137 e. The molecule has 0 aliphatic carbocycles. The van der Waals surface area contributed by atoms with E-state index in [9.17, 15) is 4.39 Å². The SMILES string of the molecule is CC(C)NCc1cccc(F)c1Sc1ncccc1Cl. The van der Waals surface area contributed by atoms with Crippen LogP contribution in [0.25, 0.3) is 0 Å². The van der Waals surface area contributed by atoms with Crippen molar-refractivity contribution < 1.29 is 4.39 Å². The molecule has 0 atom stereocenters. The van der Waals surface area contributed by atoms with Crippen LogP contribution in [-0.4, -0.2) is 11.0 Å². The van der Waals surface area contributed by atoms with Crippen molar-refractivity contribution in [3.8, 4) is 0 Å². The number of pyridine rings is 1. The molecule has 2 rings (SSSR count). The lowest BCUT2D eigenvalue weighted by Gasteiger charge is -2.13. The summed E-state index contributed by atoms with van der Waals surface area (Å²) in [7, 11) is 0. The van der Waals surface area contributed by atoms with Gasteiger partial charge in [0.25, 0.3) is 0 Å². The molecule has 106 valence electrons. The molecule has 0 radical (unpaired) electrons. The first-order valence-corrected chi connectivity index (χ1v) is 7.56. The fourth-order valence-corrected chi connectivity index (χ4v) is 2.81. The van der Waals surface area contributed by atoms with Crippen molar-refractivity contribution in [3.05, 3.63) is 52.9 Å². The molecule has 0 unspecified atom stereocenters. The molecule has 0 bridgehead atoms. The van der Waals surface area contributed by atoms with Crippen molar-refractivity contribution in [2.24, 2.45) is 0 Å². The molecule has 0 aliphatic rings. The van der Waals surface area contributed by atoms with Gasteiger partial charge in [0.15, 0.2) is 0 Å². The van der Waals surface area contributed by atoms with Crippen molar-refractivity contribution >= 4 is 23.4 Å². The number of nitrogens with one attached hydrogen (secondary N) is 1. The van der Waals surface area contributed by atoms with Crippen molar-refractivity contribution in [2.75, 3.05) is 0 Å². The molecule has 0 amide bonds. The van der Waals surface area contributed by atoms with Gasteiger partial charge in [-0.15, -0.1) is 0 Å². The predicted octanol–water partition coefficient (Wildman–Crippen LogP) is 4.52. The molecule has 0 spiro atoms. The number of hydrogen-bond donors (Lipinski definition) is 1. The zero-order chi connectivity index (χ0) is 14.5. The molecule has 2 nitrogen and oxygen atoms in total. The Labute approximate surface area is 127 Å². The lowest BCUT2D eigenvalue weighted by molar-refractivity contribution is 0.564. The monoisotopic (exact) mass is 310 g/mol. The highest BCUT2D eigenvalue weighted by atomic mass is 35.5. The minimum atomic E-state index is -0.250. The van der Waals surface area contributed by atoms with Crippen LogP contribution in [0.3, 0.4) is 0 Å². The molecular formula is C15H16ClFN2S. The Morgan fingerprint density at radius 2 is 2.10 bits per heavy atom. The molecule has 0 saturated heterocycles. The van der Waals surface area contributed by atoms with Gasteiger partial charge in [-0.1, -0.05) is 49.3 Å². The fourth-order valence-electron chi connectivity index (χ4n) is 1.66. The Hall–Kier alpha value is -1.10. The summed E-state index contributed by atoms with van der Waals surface area (Å²) in [5.41, 5.74) is 0.908. The van der Waals surface area contributed by atoms with E-state index in [0.29, 0.717) is 27.5 Å². The molecule has 1 aromatic carbocycles. The Morgan fingerprint density at radius 1 is 1.30 bits per heavy atom. The lowest BCUT2D eigenvalue weighted by Crippen LogP contribution is -2.22. The number of halogens is 2. The van der Waals surface area contributed by atoms with Crippen LogP contribution in [0.2, 0.25) is 5.02 Å². The summed E-state index contributed by atoms with van der Waals surface area (Å²) in [6.45, 7) is 4.73. The second-order valence-electron chi connectivity index (χ2n) is 4.66. The highest BCUT2D eigenvalue weighted by Gasteiger charge is 2.13. The van der Waals surface area contributed by atoms with Crippen LogP contribution in [0.15, 0.2) is 46.5 Å². The summed E-state index contributed by atoms with van der Waals surface area (Å²) in [6, 6.07) is 8.94. The van der Waals surface area contributed by atoms with Crippen molar-refractivity contribution in [1.82, 2.24) is 10.3 Å². The van der Waals surface area contributed by atoms with E-state index in [0.717, 1.165) is 5.56 Å². The molecule has 1 N–H and O–H groups in total. The van der Waals surface area contributed by atoms with Crippen LogP contribution in [0.5, 0.6) is 0 Å². The Bertz CT molecular complexity index is 590. The van der Waals surface area contributed by atoms with E-state index < -0.39 is 0 Å². The third kappa shape index (κ3) is 3.95. The average molecular weight is 311 g/mol. The number of hydrogen-bond acceptors (Lipinski definition) is 3. The first-order chi connectivity index (χ1) is 9.58. The van der Waals surface area contributed by atoms with Crippen LogP contribution in [-0.2, 0) is 6.54 Å². The molecule has 0 saturated carbocycles. The van der Waals surface area contributed by atoms with Gasteiger partial charge >= 0.3 is 0 Å². The summed E-state index contributed by atoms with van der Waals surface area (Å²) in [4.78, 5) is 4.77. The second kappa shape index (κ2) is 7.07. The summed E-state index contributed by atoms with van der Waals surface area (Å²) < 4.78 is 14.1. The topological polar surface area (TPSA) is 24.9 Å². The summed E-state index contributed by atoms with van der Waals surface area (Å²) in [6.07, 6.45) is 1.65. The van der Waals surface area contributed by atoms with Gasteiger partial charge in [0, 0.05) is 18.8 Å². The van der Waals surface area contributed by atoms with Gasteiger partial charge in [-0.2, -0.15) is 0 Å². The first-order valence-electron chi connectivity index (χ1n) is 6.37. The van der Waals surface area contributed by atoms with E-state index in [1.165, 1.54) is 17.8 Å². The highest BCUT2D eigenvalue weighted by molar-refractivity contribution is 7.99. The summed E-state index contributed by atoms with van der Waals surface area (Å²) in [5, 5.41) is 4.44. The normalized spacial score (nSPS) is 11.1. The van der Waals surface area contributed by atoms with Gasteiger partial charge in [-0.3, -0.25) is 0 Å². The van der Waals surface area contributed by atoms with Gasteiger partial charge in [0.1, 0.15) is 10.8 Å². The number of rotatable bonds is 5. The van der Waals surface area contributed by atoms with Gasteiger partial charge in [0.2, 0.25) is 0 Å². The molecule has 0 fully saturated rings. The highest BCUT2D eigenvalue weighted by Crippen LogP contribution is 2.35. The van der Waals surface area contributed by atoms with Crippen LogP contribution in [0.4, 0.5) is 4.39 Å². The number of aromatic nitrogens is 1. The molecule has 0 aliphatic heterocycles. The fraction of sp³-hybridized carbons (Fsp3) is 0.267. The van der Waals surface area contributed by atoms with Crippen molar-refractivity contribution in [3.63, 3.8) is 0 Å². The maximum absolute atomic E-state index is 14.1. The van der Waals surface area contributed by atoms with E-state index in [-0.39, 0.29) is 5.82 Å². The average Bonchev–Trinajstić information content (AvgIpc) is 2.41. The van der Waals surface area contributed by atoms with Crippen LogP contribution < -0.4 is 5.32 Å². The van der Waals surface area contributed by atoms with Crippen LogP contribution in [0, 0.1) is 5.82 Å². The van der Waals surface area contributed by atoms with E-state index in [1.54, 1.807) is 24.4 Å². The molecular weight excluding hydrogens is 295 g/mol. The van der Waals surface area contributed by atoms with Crippen molar-refractivity contribution in [2.45, 2.75) is 36.4 Å². The summed E-state index contributed by atoms with van der Waals surface area (Å²) in [5.74, 6) is -0.250. The van der Waals surface area contributed by atoms with E-state index >= 15 is 0 Å². The standard InChI is InChI=1S/C15H16ClFN2S/c1-10(2)19-9-11-5-3-7-13(17)14(11)20-15-12(16)6-4-8-18-15/h3-8,10,19H,9H2,1-2H3. The van der Waals surface area contributed by atoms with Crippen LogP contribution >= 0.6 is 23.4 Å². The van der Waals surface area contributed by atoms with E-state index in [4.69, 9.17) is 11.6 Å². The number of nitrogens with zero attached hydrogens (tertiary/aromatic N) is 1. The molecule has 1 aromatic heterocycles.